The van der Waals surface area contributed by atoms with Gasteiger partial charge < -0.3 is 10.2 Å². The number of fused-ring (bicyclic) bond motifs is 1. The molecule has 0 bridgehead atoms. The van der Waals surface area contributed by atoms with Crippen LogP contribution in [-0.2, 0) is 11.2 Å². The number of aromatic nitrogens is 3. The van der Waals surface area contributed by atoms with Crippen LogP contribution in [0.1, 0.15) is 5.56 Å². The van der Waals surface area contributed by atoms with Crippen molar-refractivity contribution in [3.05, 3.63) is 72.6 Å². The third-order valence-corrected chi connectivity index (χ3v) is 4.61. The van der Waals surface area contributed by atoms with E-state index in [0.29, 0.717) is 12.2 Å². The van der Waals surface area contributed by atoms with Crippen LogP contribution in [0.2, 0.25) is 0 Å². The van der Waals surface area contributed by atoms with Gasteiger partial charge in [-0.2, -0.15) is 5.10 Å². The number of carbonyl (C=O) groups excluding carboxylic acids is 1. The molecule has 0 radical (unpaired) electrons. The van der Waals surface area contributed by atoms with E-state index in [4.69, 9.17) is 0 Å². The van der Waals surface area contributed by atoms with Crippen molar-refractivity contribution in [3.63, 3.8) is 0 Å². The van der Waals surface area contributed by atoms with E-state index in [0.717, 1.165) is 33.3 Å². The number of anilines is 2. The highest BCUT2D eigenvalue weighted by molar-refractivity contribution is 6.01. The van der Waals surface area contributed by atoms with Crippen molar-refractivity contribution >= 4 is 28.3 Å². The molecule has 140 valence electrons. The summed E-state index contributed by atoms with van der Waals surface area (Å²) in [6.07, 6.45) is 3.85. The molecule has 6 nitrogen and oxygen atoms in total. The topological polar surface area (TPSA) is 73.9 Å². The third-order valence-electron chi connectivity index (χ3n) is 4.61. The number of benzene rings is 2. The molecule has 6 heteroatoms. The largest absolute Gasteiger partial charge is 0.378 e. The number of hydrogen-bond donors (Lipinski definition) is 2. The molecule has 0 aliphatic heterocycles. The zero-order chi connectivity index (χ0) is 19.5. The van der Waals surface area contributed by atoms with E-state index in [2.05, 4.69) is 20.5 Å². The molecule has 0 saturated carbocycles. The molecule has 28 heavy (non-hydrogen) atoms. The summed E-state index contributed by atoms with van der Waals surface area (Å²) in [5.41, 5.74) is 4.94. The molecule has 0 atom stereocenters. The number of amides is 1. The molecule has 0 spiro atoms. The summed E-state index contributed by atoms with van der Waals surface area (Å²) in [6.45, 7) is 0. The maximum atomic E-state index is 12.6. The predicted molar refractivity (Wildman–Crippen MR) is 112 cm³/mol. The van der Waals surface area contributed by atoms with Crippen LogP contribution in [0.4, 0.5) is 11.5 Å². The summed E-state index contributed by atoms with van der Waals surface area (Å²) in [5.74, 6) is 0.436. The lowest BCUT2D eigenvalue weighted by molar-refractivity contribution is -0.115. The minimum absolute atomic E-state index is 0.101. The standard InChI is InChI=1S/C22H21N5O/c1-27(2)18-7-3-5-15(11-18)12-21(28)24-22-19-13-16(8-9-20(19)25-26-22)17-6-4-10-23-14-17/h3-11,13-14H,12H2,1-2H3,(H2,24,25,26,28). The number of aromatic amines is 1. The average Bonchev–Trinajstić information content (AvgIpc) is 3.10. The molecular formula is C22H21N5O. The van der Waals surface area contributed by atoms with Gasteiger partial charge in [0.2, 0.25) is 5.91 Å². The molecule has 2 aromatic carbocycles. The van der Waals surface area contributed by atoms with Gasteiger partial charge in [0, 0.05) is 43.1 Å². The quantitative estimate of drug-likeness (QED) is 0.558. The van der Waals surface area contributed by atoms with Gasteiger partial charge in [0.1, 0.15) is 0 Å². The van der Waals surface area contributed by atoms with Crippen molar-refractivity contribution in [2.75, 3.05) is 24.3 Å². The Kier molecular flexibility index (Phi) is 4.76. The Morgan fingerprint density at radius 1 is 1.07 bits per heavy atom. The lowest BCUT2D eigenvalue weighted by atomic mass is 10.1. The fraction of sp³-hybridized carbons (Fsp3) is 0.136. The van der Waals surface area contributed by atoms with Gasteiger partial charge in [-0.1, -0.05) is 24.3 Å². The second kappa shape index (κ2) is 7.52. The highest BCUT2D eigenvalue weighted by atomic mass is 16.1. The van der Waals surface area contributed by atoms with Crippen LogP contribution in [0.15, 0.2) is 67.0 Å². The van der Waals surface area contributed by atoms with Gasteiger partial charge in [0.15, 0.2) is 5.82 Å². The number of hydrogen-bond acceptors (Lipinski definition) is 4. The first-order valence-corrected chi connectivity index (χ1v) is 9.05. The van der Waals surface area contributed by atoms with Crippen molar-refractivity contribution < 1.29 is 4.79 Å². The monoisotopic (exact) mass is 371 g/mol. The summed E-state index contributed by atoms with van der Waals surface area (Å²) >= 11 is 0. The van der Waals surface area contributed by atoms with Gasteiger partial charge in [0.05, 0.1) is 11.9 Å². The van der Waals surface area contributed by atoms with E-state index in [1.54, 1.807) is 6.20 Å². The van der Waals surface area contributed by atoms with Gasteiger partial charge in [0.25, 0.3) is 0 Å². The number of pyridine rings is 1. The summed E-state index contributed by atoms with van der Waals surface area (Å²) in [7, 11) is 3.96. The molecule has 0 fully saturated rings. The summed E-state index contributed by atoms with van der Waals surface area (Å²) in [5, 5.41) is 11.1. The highest BCUT2D eigenvalue weighted by Crippen LogP contribution is 2.27. The number of nitrogens with one attached hydrogen (secondary N) is 2. The fourth-order valence-corrected chi connectivity index (χ4v) is 3.13. The van der Waals surface area contributed by atoms with E-state index >= 15 is 0 Å². The van der Waals surface area contributed by atoms with E-state index in [1.807, 2.05) is 79.8 Å². The molecule has 2 aromatic heterocycles. The Bertz CT molecular complexity index is 1120. The molecule has 2 heterocycles. The number of carbonyl (C=O) groups is 1. The van der Waals surface area contributed by atoms with Crippen molar-refractivity contribution in [2.45, 2.75) is 6.42 Å². The third kappa shape index (κ3) is 3.71. The van der Waals surface area contributed by atoms with Crippen molar-refractivity contribution in [1.29, 1.82) is 0 Å². The highest BCUT2D eigenvalue weighted by Gasteiger charge is 2.12. The van der Waals surface area contributed by atoms with Crippen LogP contribution in [0, 0.1) is 0 Å². The van der Waals surface area contributed by atoms with Crippen molar-refractivity contribution in [2.24, 2.45) is 0 Å². The minimum Gasteiger partial charge on any atom is -0.378 e. The normalized spacial score (nSPS) is 10.8. The van der Waals surface area contributed by atoms with Gasteiger partial charge in [-0.3, -0.25) is 14.9 Å². The van der Waals surface area contributed by atoms with Crippen LogP contribution in [0.3, 0.4) is 0 Å². The number of H-pyrrole nitrogens is 1. The minimum atomic E-state index is -0.101. The van der Waals surface area contributed by atoms with Crippen LogP contribution in [0.5, 0.6) is 0 Å². The van der Waals surface area contributed by atoms with Crippen LogP contribution in [-0.4, -0.2) is 35.2 Å². The average molecular weight is 371 g/mol. The lowest BCUT2D eigenvalue weighted by Gasteiger charge is -2.13. The van der Waals surface area contributed by atoms with E-state index in [9.17, 15) is 4.79 Å². The second-order valence-electron chi connectivity index (χ2n) is 6.86. The molecule has 0 unspecified atom stereocenters. The predicted octanol–water partition coefficient (Wildman–Crippen LogP) is 3.87. The molecule has 0 aliphatic carbocycles. The maximum absolute atomic E-state index is 12.6. The Morgan fingerprint density at radius 2 is 1.96 bits per heavy atom. The fourth-order valence-electron chi connectivity index (χ4n) is 3.13. The van der Waals surface area contributed by atoms with E-state index in [1.165, 1.54) is 0 Å². The first-order valence-electron chi connectivity index (χ1n) is 9.05. The molecule has 4 aromatic rings. The Morgan fingerprint density at radius 3 is 2.75 bits per heavy atom. The number of rotatable bonds is 5. The smallest absolute Gasteiger partial charge is 0.230 e. The molecule has 4 rings (SSSR count). The molecular weight excluding hydrogens is 350 g/mol. The molecule has 2 N–H and O–H groups in total. The molecule has 0 saturated heterocycles. The van der Waals surface area contributed by atoms with Crippen LogP contribution < -0.4 is 10.2 Å². The van der Waals surface area contributed by atoms with Crippen LogP contribution in [0.25, 0.3) is 22.0 Å². The molecule has 0 aliphatic rings. The van der Waals surface area contributed by atoms with Gasteiger partial charge in [-0.15, -0.1) is 0 Å². The van der Waals surface area contributed by atoms with Gasteiger partial charge in [-0.25, -0.2) is 0 Å². The van der Waals surface area contributed by atoms with E-state index < -0.39 is 0 Å². The van der Waals surface area contributed by atoms with Gasteiger partial charge in [-0.05, 0) is 41.5 Å². The zero-order valence-electron chi connectivity index (χ0n) is 15.8. The Hall–Kier alpha value is -3.67. The Balaban J connectivity index is 1.56. The van der Waals surface area contributed by atoms with Gasteiger partial charge >= 0.3 is 0 Å². The summed E-state index contributed by atoms with van der Waals surface area (Å²) < 4.78 is 0. The van der Waals surface area contributed by atoms with E-state index in [-0.39, 0.29) is 5.91 Å². The zero-order valence-corrected chi connectivity index (χ0v) is 15.8. The van der Waals surface area contributed by atoms with Crippen LogP contribution >= 0.6 is 0 Å². The first-order chi connectivity index (χ1) is 13.6. The first kappa shape index (κ1) is 17.7. The van der Waals surface area contributed by atoms with Crippen molar-refractivity contribution in [1.82, 2.24) is 15.2 Å². The number of nitrogens with zero attached hydrogens (tertiary/aromatic N) is 3. The molecule has 1 amide bonds. The second-order valence-corrected chi connectivity index (χ2v) is 6.86. The maximum Gasteiger partial charge on any atom is 0.230 e. The summed E-state index contributed by atoms with van der Waals surface area (Å²) in [6, 6.07) is 17.8. The SMILES string of the molecule is CN(C)c1cccc(CC(=O)Nc2n[nH]c3ccc(-c4cccnc4)cc23)c1. The summed E-state index contributed by atoms with van der Waals surface area (Å²) in [4.78, 5) is 18.8. The van der Waals surface area contributed by atoms with Crippen molar-refractivity contribution in [3.8, 4) is 11.1 Å². The Labute approximate surface area is 163 Å². The lowest BCUT2D eigenvalue weighted by Crippen LogP contribution is -2.15.